The Bertz CT molecular complexity index is 952. The second-order valence-corrected chi connectivity index (χ2v) is 16.7. The summed E-state index contributed by atoms with van der Waals surface area (Å²) < 4.78 is 5.31. The van der Waals surface area contributed by atoms with Crippen LogP contribution in [-0.2, 0) is 9.59 Å². The molecule has 1 aliphatic carbocycles. The molecule has 0 aromatic heterocycles. The number of methoxy groups -OCH3 is 1. The molecule has 4 atom stereocenters. The Morgan fingerprint density at radius 1 is 0.912 bits per heavy atom. The number of nitrogens with one attached hydrogen (secondary N) is 1. The van der Waals surface area contributed by atoms with Gasteiger partial charge >= 0.3 is 0 Å². The predicted molar refractivity (Wildman–Crippen MR) is 150 cm³/mol. The minimum Gasteiger partial charge on any atom is -0.497 e. The van der Waals surface area contributed by atoms with Crippen LogP contribution < -0.4 is 15.2 Å². The molecular formula is C27H37NO3S2Si. The van der Waals surface area contributed by atoms with Gasteiger partial charge in [-0.1, -0.05) is 86.0 Å². The van der Waals surface area contributed by atoms with Crippen LogP contribution in [0.1, 0.15) is 26.7 Å². The molecule has 34 heavy (non-hydrogen) atoms. The van der Waals surface area contributed by atoms with Gasteiger partial charge in [0.05, 0.1) is 15.2 Å². The van der Waals surface area contributed by atoms with Gasteiger partial charge in [-0.3, -0.25) is 9.59 Å². The number of carbonyl (C=O) groups is 2. The fraction of sp³-hybridized carbons (Fsp3) is 0.481. The standard InChI is InChI=1S/C27H37NO3S2Si/c1-6-32-26(29)22-17-23(27(30)33-7-2)25(34(4,5)21-11-9-8-10-12-21)18-24(22)28-19-13-15-20(31-3)16-14-19/h8-16,22-25,28H,6-7,17-18H2,1-5H3/t22-,23-,24+,25+/m0/s1. The van der Waals surface area contributed by atoms with Gasteiger partial charge in [0.1, 0.15) is 5.75 Å². The highest BCUT2D eigenvalue weighted by Crippen LogP contribution is 2.47. The zero-order valence-corrected chi connectivity index (χ0v) is 23.5. The van der Waals surface area contributed by atoms with Gasteiger partial charge in [0.2, 0.25) is 0 Å². The predicted octanol–water partition coefficient (Wildman–Crippen LogP) is 6.05. The molecule has 1 aliphatic rings. The van der Waals surface area contributed by atoms with Crippen LogP contribution in [0.5, 0.6) is 5.75 Å². The topological polar surface area (TPSA) is 55.4 Å². The lowest BCUT2D eigenvalue weighted by Gasteiger charge is -2.46. The lowest BCUT2D eigenvalue weighted by molar-refractivity contribution is -0.119. The lowest BCUT2D eigenvalue weighted by atomic mass is 9.78. The van der Waals surface area contributed by atoms with E-state index in [0.717, 1.165) is 29.4 Å². The van der Waals surface area contributed by atoms with Gasteiger partial charge in [-0.05, 0) is 54.2 Å². The molecule has 0 radical (unpaired) electrons. The van der Waals surface area contributed by atoms with Crippen LogP contribution in [0.15, 0.2) is 54.6 Å². The molecule has 0 saturated heterocycles. The number of benzene rings is 2. The lowest BCUT2D eigenvalue weighted by Crippen LogP contribution is -2.55. The molecule has 4 nitrogen and oxygen atoms in total. The molecule has 0 aliphatic heterocycles. The van der Waals surface area contributed by atoms with Crippen molar-refractivity contribution >= 4 is 52.7 Å². The van der Waals surface area contributed by atoms with E-state index in [1.165, 1.54) is 28.7 Å². The number of rotatable bonds is 9. The van der Waals surface area contributed by atoms with Gasteiger partial charge in [-0.2, -0.15) is 0 Å². The van der Waals surface area contributed by atoms with Gasteiger partial charge < -0.3 is 10.1 Å². The maximum absolute atomic E-state index is 13.4. The van der Waals surface area contributed by atoms with Crippen molar-refractivity contribution in [1.29, 1.82) is 0 Å². The Balaban J connectivity index is 1.98. The van der Waals surface area contributed by atoms with Crippen molar-refractivity contribution in [1.82, 2.24) is 0 Å². The smallest absolute Gasteiger partial charge is 0.194 e. The highest BCUT2D eigenvalue weighted by Gasteiger charge is 2.49. The highest BCUT2D eigenvalue weighted by molar-refractivity contribution is 8.13. The molecule has 0 unspecified atom stereocenters. The number of anilines is 1. The van der Waals surface area contributed by atoms with E-state index < -0.39 is 8.07 Å². The molecule has 0 spiro atoms. The van der Waals surface area contributed by atoms with Crippen molar-refractivity contribution in [2.45, 2.75) is 51.4 Å². The normalized spacial score (nSPS) is 22.7. The maximum atomic E-state index is 13.4. The fourth-order valence-corrected chi connectivity index (χ4v) is 10.4. The van der Waals surface area contributed by atoms with E-state index >= 15 is 0 Å². The SMILES string of the molecule is CCSC(=O)[C@H]1C[C@H](C(=O)SCC)[C@H](Nc2ccc(OC)cc2)C[C@H]1[Si](C)(C)c1ccccc1. The van der Waals surface area contributed by atoms with Crippen LogP contribution in [0, 0.1) is 11.8 Å². The second-order valence-electron chi connectivity index (χ2n) is 9.36. The van der Waals surface area contributed by atoms with Crippen LogP contribution in [0.4, 0.5) is 5.69 Å². The zero-order valence-electron chi connectivity index (χ0n) is 20.9. The van der Waals surface area contributed by atoms with Crippen molar-refractivity contribution in [2.24, 2.45) is 11.8 Å². The van der Waals surface area contributed by atoms with Crippen molar-refractivity contribution in [3.63, 3.8) is 0 Å². The Morgan fingerprint density at radius 3 is 2.06 bits per heavy atom. The molecule has 2 aromatic rings. The van der Waals surface area contributed by atoms with E-state index in [0.29, 0.717) is 6.42 Å². The van der Waals surface area contributed by atoms with Crippen LogP contribution in [0.2, 0.25) is 18.6 Å². The summed E-state index contributed by atoms with van der Waals surface area (Å²) in [4.78, 5) is 26.6. The summed E-state index contributed by atoms with van der Waals surface area (Å²) in [6.07, 6.45) is 1.45. The van der Waals surface area contributed by atoms with Gasteiger partial charge in [0, 0.05) is 23.6 Å². The average Bonchev–Trinajstić information content (AvgIpc) is 2.85. The van der Waals surface area contributed by atoms with Crippen LogP contribution in [0.3, 0.4) is 0 Å². The summed E-state index contributed by atoms with van der Waals surface area (Å²) >= 11 is 2.80. The molecule has 1 saturated carbocycles. The summed E-state index contributed by atoms with van der Waals surface area (Å²) in [5, 5.41) is 5.51. The number of hydrogen-bond donors (Lipinski definition) is 1. The van der Waals surface area contributed by atoms with E-state index in [-0.39, 0.29) is 33.6 Å². The maximum Gasteiger partial charge on any atom is 0.194 e. The van der Waals surface area contributed by atoms with Crippen molar-refractivity contribution in [2.75, 3.05) is 23.9 Å². The second kappa shape index (κ2) is 12.3. The van der Waals surface area contributed by atoms with Gasteiger partial charge in [0.25, 0.3) is 0 Å². The molecule has 0 bridgehead atoms. The quantitative estimate of drug-likeness (QED) is 0.411. The fourth-order valence-electron chi connectivity index (χ4n) is 5.16. The van der Waals surface area contributed by atoms with Crippen molar-refractivity contribution in [3.8, 4) is 5.75 Å². The van der Waals surface area contributed by atoms with Gasteiger partial charge in [0.15, 0.2) is 10.2 Å². The summed E-state index contributed by atoms with van der Waals surface area (Å²) in [7, 11) is -0.343. The summed E-state index contributed by atoms with van der Waals surface area (Å²) in [6.45, 7) is 8.82. The summed E-state index contributed by atoms with van der Waals surface area (Å²) in [6, 6.07) is 18.6. The van der Waals surface area contributed by atoms with E-state index in [2.05, 4.69) is 48.7 Å². The van der Waals surface area contributed by atoms with Crippen LogP contribution in [-0.4, -0.2) is 43.0 Å². The molecule has 1 fully saturated rings. The first-order chi connectivity index (χ1) is 16.3. The molecule has 184 valence electrons. The van der Waals surface area contributed by atoms with Gasteiger partial charge in [-0.15, -0.1) is 0 Å². The molecule has 2 aromatic carbocycles. The average molecular weight is 516 g/mol. The molecule has 0 amide bonds. The minimum atomic E-state index is -2.00. The first kappa shape index (κ1) is 26.9. The molecule has 3 rings (SSSR count). The molecule has 1 N–H and O–H groups in total. The van der Waals surface area contributed by atoms with E-state index in [1.54, 1.807) is 7.11 Å². The molecular weight excluding hydrogens is 479 g/mol. The summed E-state index contributed by atoms with van der Waals surface area (Å²) in [5.74, 6) is 2.05. The van der Waals surface area contributed by atoms with E-state index in [9.17, 15) is 9.59 Å². The Kier molecular flexibility index (Phi) is 9.74. The molecule has 7 heteroatoms. The molecule has 0 heterocycles. The zero-order chi connectivity index (χ0) is 24.7. The van der Waals surface area contributed by atoms with Crippen molar-refractivity contribution < 1.29 is 14.3 Å². The Hall–Kier alpha value is -1.70. The monoisotopic (exact) mass is 515 g/mol. The third kappa shape index (κ3) is 6.29. The number of ether oxygens (including phenoxy) is 1. The minimum absolute atomic E-state index is 0.00360. The number of hydrogen-bond acceptors (Lipinski definition) is 6. The first-order valence-electron chi connectivity index (χ1n) is 12.1. The van der Waals surface area contributed by atoms with Gasteiger partial charge in [-0.25, -0.2) is 0 Å². The number of carbonyl (C=O) groups excluding carboxylic acids is 2. The van der Waals surface area contributed by atoms with E-state index in [4.69, 9.17) is 4.74 Å². The van der Waals surface area contributed by atoms with Crippen LogP contribution in [0.25, 0.3) is 0 Å². The Labute approximate surface area is 214 Å². The van der Waals surface area contributed by atoms with E-state index in [1.807, 2.05) is 38.1 Å². The largest absolute Gasteiger partial charge is 0.497 e. The van der Waals surface area contributed by atoms with Crippen molar-refractivity contribution in [3.05, 3.63) is 54.6 Å². The third-order valence-corrected chi connectivity index (χ3v) is 13.1. The Morgan fingerprint density at radius 2 is 1.50 bits per heavy atom. The van der Waals surface area contributed by atoms with Crippen LogP contribution >= 0.6 is 23.5 Å². The first-order valence-corrected chi connectivity index (χ1v) is 17.2. The highest BCUT2D eigenvalue weighted by atomic mass is 32.2. The summed E-state index contributed by atoms with van der Waals surface area (Å²) in [5.41, 5.74) is 1.24. The third-order valence-electron chi connectivity index (χ3n) is 7.05. The number of thioether (sulfide) groups is 2.